The number of hydrogen-bond donors (Lipinski definition) is 3. The molecule has 0 radical (unpaired) electrons. The lowest BCUT2D eigenvalue weighted by Crippen LogP contribution is -2.56. The Morgan fingerprint density at radius 2 is 2.19 bits per heavy atom. The van der Waals surface area contributed by atoms with Crippen LogP contribution in [0.1, 0.15) is 23.6 Å². The maximum atomic E-state index is 13.4. The second-order valence-electron chi connectivity index (χ2n) is 6.34. The number of hydrogen-bond acceptors (Lipinski definition) is 5. The van der Waals surface area contributed by atoms with Crippen LogP contribution in [0.3, 0.4) is 0 Å². The Morgan fingerprint density at radius 3 is 2.89 bits per heavy atom. The van der Waals surface area contributed by atoms with Crippen molar-refractivity contribution in [1.82, 2.24) is 30.7 Å². The number of halogens is 2. The molecule has 8 nitrogen and oxygen atoms in total. The fraction of sp³-hybridized carbons (Fsp3) is 0.412. The minimum Gasteiger partial charge on any atom is -0.353 e. The van der Waals surface area contributed by atoms with Crippen molar-refractivity contribution in [2.24, 2.45) is 0 Å². The number of aryl methyl sites for hydroxylation is 1. The van der Waals surface area contributed by atoms with E-state index in [1.807, 2.05) is 0 Å². The number of H-pyrrole nitrogens is 1. The van der Waals surface area contributed by atoms with Gasteiger partial charge in [-0.1, -0.05) is 6.07 Å². The largest absolute Gasteiger partial charge is 0.353 e. The Kier molecular flexibility index (Phi) is 5.75. The molecule has 1 fully saturated rings. The number of amides is 2. The summed E-state index contributed by atoms with van der Waals surface area (Å²) >= 11 is 0. The van der Waals surface area contributed by atoms with Crippen molar-refractivity contribution in [2.75, 3.05) is 13.1 Å². The average Bonchev–Trinajstić information content (AvgIpc) is 3.05. The first-order valence-electron chi connectivity index (χ1n) is 8.52. The van der Waals surface area contributed by atoms with E-state index < -0.39 is 17.7 Å². The van der Waals surface area contributed by atoms with Gasteiger partial charge >= 0.3 is 0 Å². The Bertz CT molecular complexity index is 841. The molecule has 1 saturated heterocycles. The van der Waals surface area contributed by atoms with Gasteiger partial charge in [-0.15, -0.1) is 0 Å². The Hall–Kier alpha value is -2.88. The number of piperazine rings is 1. The fourth-order valence-corrected chi connectivity index (χ4v) is 2.94. The molecule has 2 amide bonds. The summed E-state index contributed by atoms with van der Waals surface area (Å²) in [6.45, 7) is 3.07. The standard InChI is InChI=1S/C17H20F2N6O2/c1-10-22-15(24-23-10)8-21-16(26)7-14-17(27)20-4-5-25(14)9-11-2-3-12(18)13(19)6-11/h2-3,6,14H,4-5,7-9H2,1H3,(H,20,27)(H,21,26)(H,22,23,24)/t14-/m1/s1. The van der Waals surface area contributed by atoms with Crippen LogP contribution in [0.2, 0.25) is 0 Å². The van der Waals surface area contributed by atoms with Gasteiger partial charge in [-0.2, -0.15) is 5.10 Å². The molecule has 1 atom stereocenters. The summed E-state index contributed by atoms with van der Waals surface area (Å²) in [5.74, 6) is -1.36. The summed E-state index contributed by atoms with van der Waals surface area (Å²) in [6, 6.07) is 2.92. The third-order valence-corrected chi connectivity index (χ3v) is 4.28. The van der Waals surface area contributed by atoms with E-state index in [0.29, 0.717) is 30.3 Å². The zero-order valence-corrected chi connectivity index (χ0v) is 14.8. The van der Waals surface area contributed by atoms with E-state index in [4.69, 9.17) is 0 Å². The van der Waals surface area contributed by atoms with Crippen molar-refractivity contribution in [3.8, 4) is 0 Å². The van der Waals surface area contributed by atoms with E-state index in [2.05, 4.69) is 25.8 Å². The molecule has 3 N–H and O–H groups in total. The van der Waals surface area contributed by atoms with Gasteiger partial charge in [0.05, 0.1) is 19.0 Å². The maximum absolute atomic E-state index is 13.4. The second-order valence-corrected chi connectivity index (χ2v) is 6.34. The van der Waals surface area contributed by atoms with Crippen molar-refractivity contribution in [3.63, 3.8) is 0 Å². The lowest BCUT2D eigenvalue weighted by Gasteiger charge is -2.34. The molecule has 0 unspecified atom stereocenters. The first-order valence-corrected chi connectivity index (χ1v) is 8.52. The Labute approximate surface area is 154 Å². The number of rotatable bonds is 6. The van der Waals surface area contributed by atoms with Gasteiger partial charge in [-0.3, -0.25) is 19.6 Å². The van der Waals surface area contributed by atoms with E-state index >= 15 is 0 Å². The van der Waals surface area contributed by atoms with E-state index in [-0.39, 0.29) is 31.3 Å². The second kappa shape index (κ2) is 8.21. The van der Waals surface area contributed by atoms with Crippen LogP contribution in [0.4, 0.5) is 8.78 Å². The number of nitrogens with zero attached hydrogens (tertiary/aromatic N) is 3. The van der Waals surface area contributed by atoms with Crippen LogP contribution in [-0.2, 0) is 22.7 Å². The maximum Gasteiger partial charge on any atom is 0.237 e. The molecule has 1 aliphatic rings. The van der Waals surface area contributed by atoms with Crippen molar-refractivity contribution in [3.05, 3.63) is 47.0 Å². The minimum absolute atomic E-state index is 0.0566. The molecule has 27 heavy (non-hydrogen) atoms. The highest BCUT2D eigenvalue weighted by Gasteiger charge is 2.31. The monoisotopic (exact) mass is 378 g/mol. The van der Waals surface area contributed by atoms with Gasteiger partial charge < -0.3 is 10.6 Å². The number of carbonyl (C=O) groups excluding carboxylic acids is 2. The van der Waals surface area contributed by atoms with Crippen LogP contribution in [0.5, 0.6) is 0 Å². The van der Waals surface area contributed by atoms with Crippen molar-refractivity contribution in [2.45, 2.75) is 32.5 Å². The molecule has 0 saturated carbocycles. The van der Waals surface area contributed by atoms with Crippen molar-refractivity contribution < 1.29 is 18.4 Å². The van der Waals surface area contributed by atoms with Crippen LogP contribution in [-0.4, -0.2) is 51.0 Å². The highest BCUT2D eigenvalue weighted by Crippen LogP contribution is 2.16. The van der Waals surface area contributed by atoms with Crippen molar-refractivity contribution >= 4 is 11.8 Å². The molecular formula is C17H20F2N6O2. The number of aromatic nitrogens is 3. The SMILES string of the molecule is Cc1nc(CNC(=O)C[C@@H]2C(=O)NCCN2Cc2ccc(F)c(F)c2)n[nH]1. The van der Waals surface area contributed by atoms with Gasteiger partial charge in [0.1, 0.15) is 5.82 Å². The van der Waals surface area contributed by atoms with E-state index in [1.165, 1.54) is 6.07 Å². The topological polar surface area (TPSA) is 103 Å². The lowest BCUT2D eigenvalue weighted by atomic mass is 10.1. The third-order valence-electron chi connectivity index (χ3n) is 4.28. The molecule has 0 spiro atoms. The lowest BCUT2D eigenvalue weighted by molar-refractivity contribution is -0.134. The molecule has 1 aliphatic heterocycles. The number of benzene rings is 1. The number of nitrogens with one attached hydrogen (secondary N) is 3. The Morgan fingerprint density at radius 1 is 1.37 bits per heavy atom. The molecule has 10 heteroatoms. The summed E-state index contributed by atoms with van der Waals surface area (Å²) in [4.78, 5) is 30.3. The summed E-state index contributed by atoms with van der Waals surface area (Å²) in [7, 11) is 0. The first kappa shape index (κ1) is 18.9. The van der Waals surface area contributed by atoms with Crippen LogP contribution in [0.15, 0.2) is 18.2 Å². The number of carbonyl (C=O) groups is 2. The van der Waals surface area contributed by atoms with Crippen LogP contribution >= 0.6 is 0 Å². The summed E-state index contributed by atoms with van der Waals surface area (Å²) < 4.78 is 26.5. The van der Waals surface area contributed by atoms with Gasteiger partial charge in [-0.05, 0) is 24.6 Å². The molecule has 0 bridgehead atoms. The predicted molar refractivity (Wildman–Crippen MR) is 91.1 cm³/mol. The number of aromatic amines is 1. The van der Waals surface area contributed by atoms with E-state index in [0.717, 1.165) is 12.1 Å². The van der Waals surface area contributed by atoms with Gasteiger partial charge in [0.15, 0.2) is 17.5 Å². The quantitative estimate of drug-likeness (QED) is 0.675. The van der Waals surface area contributed by atoms with E-state index in [9.17, 15) is 18.4 Å². The van der Waals surface area contributed by atoms with Crippen LogP contribution in [0.25, 0.3) is 0 Å². The molecular weight excluding hydrogens is 358 g/mol. The van der Waals surface area contributed by atoms with Crippen LogP contribution < -0.4 is 10.6 Å². The van der Waals surface area contributed by atoms with Gasteiger partial charge in [0.2, 0.25) is 11.8 Å². The zero-order valence-electron chi connectivity index (χ0n) is 14.8. The molecule has 2 heterocycles. The Balaban J connectivity index is 1.62. The molecule has 0 aliphatic carbocycles. The fourth-order valence-electron chi connectivity index (χ4n) is 2.94. The zero-order chi connectivity index (χ0) is 19.4. The minimum atomic E-state index is -0.940. The predicted octanol–water partition coefficient (Wildman–Crippen LogP) is 0.398. The molecule has 1 aromatic carbocycles. The summed E-state index contributed by atoms with van der Waals surface area (Å²) in [6.07, 6.45) is -0.0566. The first-order chi connectivity index (χ1) is 12.9. The molecule has 2 aromatic rings. The third kappa shape index (κ3) is 4.85. The molecule has 1 aromatic heterocycles. The summed E-state index contributed by atoms with van der Waals surface area (Å²) in [5, 5.41) is 12.0. The molecule has 3 rings (SSSR count). The average molecular weight is 378 g/mol. The van der Waals surface area contributed by atoms with Crippen molar-refractivity contribution in [1.29, 1.82) is 0 Å². The van der Waals surface area contributed by atoms with E-state index in [1.54, 1.807) is 11.8 Å². The molecule has 144 valence electrons. The van der Waals surface area contributed by atoms with Gasteiger partial charge in [0, 0.05) is 19.6 Å². The normalized spacial score (nSPS) is 17.6. The van der Waals surface area contributed by atoms with Crippen LogP contribution in [0, 0.1) is 18.6 Å². The summed E-state index contributed by atoms with van der Waals surface area (Å²) in [5.41, 5.74) is 0.533. The van der Waals surface area contributed by atoms with Gasteiger partial charge in [-0.25, -0.2) is 13.8 Å². The smallest absolute Gasteiger partial charge is 0.237 e. The highest BCUT2D eigenvalue weighted by atomic mass is 19.2. The van der Waals surface area contributed by atoms with Gasteiger partial charge in [0.25, 0.3) is 0 Å². The highest BCUT2D eigenvalue weighted by molar-refractivity contribution is 5.88.